The second-order valence-corrected chi connectivity index (χ2v) is 2.03. The molecule has 0 aromatic heterocycles. The molecule has 1 aliphatic rings. The molecule has 46 valence electrons. The van der Waals surface area contributed by atoms with Gasteiger partial charge < -0.3 is 10.4 Å². The molecule has 0 aromatic rings. The summed E-state index contributed by atoms with van der Waals surface area (Å²) in [5, 5.41) is 11.5. The number of nitrogens with one attached hydrogen (secondary N) is 1. The van der Waals surface area contributed by atoms with Gasteiger partial charge in [-0.2, -0.15) is 0 Å². The van der Waals surface area contributed by atoms with Crippen LogP contribution in [0.1, 0.15) is 0 Å². The van der Waals surface area contributed by atoms with Gasteiger partial charge in [0.1, 0.15) is 0 Å². The van der Waals surface area contributed by atoms with Gasteiger partial charge in [0.2, 0.25) is 0 Å². The Morgan fingerprint density at radius 1 is 1.62 bits per heavy atom. The lowest BCUT2D eigenvalue weighted by atomic mass is 10.0. The van der Waals surface area contributed by atoms with E-state index in [0.29, 0.717) is 5.92 Å². The second kappa shape index (κ2) is 2.84. The molecular formula is C6H11NO. The van der Waals surface area contributed by atoms with Crippen LogP contribution in [0.5, 0.6) is 0 Å². The molecule has 0 aromatic carbocycles. The summed E-state index contributed by atoms with van der Waals surface area (Å²) < 4.78 is 0. The van der Waals surface area contributed by atoms with Crippen molar-refractivity contribution in [3.8, 4) is 0 Å². The van der Waals surface area contributed by atoms with Crippen molar-refractivity contribution in [1.82, 2.24) is 5.32 Å². The zero-order valence-corrected chi connectivity index (χ0v) is 4.80. The molecule has 1 heterocycles. The van der Waals surface area contributed by atoms with Crippen LogP contribution in [0, 0.1) is 5.92 Å². The van der Waals surface area contributed by atoms with Crippen LogP contribution in [0.15, 0.2) is 12.2 Å². The number of hydrogen-bond acceptors (Lipinski definition) is 2. The van der Waals surface area contributed by atoms with E-state index in [1.807, 2.05) is 0 Å². The molecule has 2 heteroatoms. The van der Waals surface area contributed by atoms with Crippen molar-refractivity contribution in [2.45, 2.75) is 0 Å². The fraction of sp³-hybridized carbons (Fsp3) is 0.667. The quantitative estimate of drug-likeness (QED) is 0.484. The van der Waals surface area contributed by atoms with Crippen molar-refractivity contribution in [2.24, 2.45) is 5.92 Å². The highest BCUT2D eigenvalue weighted by Crippen LogP contribution is 2.02. The number of aliphatic hydroxyl groups excluding tert-OH is 1. The molecule has 0 aliphatic carbocycles. The Morgan fingerprint density at radius 3 is 2.75 bits per heavy atom. The molecule has 1 fully saturated rings. The minimum absolute atomic E-state index is 0.177. The van der Waals surface area contributed by atoms with Gasteiger partial charge in [0.15, 0.2) is 0 Å². The summed E-state index contributed by atoms with van der Waals surface area (Å²) in [7, 11) is 0. The zero-order chi connectivity index (χ0) is 5.82. The average Bonchev–Trinajstić information content (AvgIpc) is 1.63. The standard InChI is InChI=1S/C6H11NO/c8-3-1-2-6-4-7-5-6/h1-2,6-8H,3-5H2/b2-1+. The molecular weight excluding hydrogens is 102 g/mol. The minimum atomic E-state index is 0.177. The highest BCUT2D eigenvalue weighted by atomic mass is 16.2. The van der Waals surface area contributed by atoms with E-state index in [9.17, 15) is 0 Å². The summed E-state index contributed by atoms with van der Waals surface area (Å²) in [5.74, 6) is 0.683. The van der Waals surface area contributed by atoms with Gasteiger partial charge in [0.25, 0.3) is 0 Å². The monoisotopic (exact) mass is 113 g/mol. The molecule has 2 nitrogen and oxygen atoms in total. The van der Waals surface area contributed by atoms with E-state index in [4.69, 9.17) is 5.11 Å². The van der Waals surface area contributed by atoms with E-state index in [-0.39, 0.29) is 6.61 Å². The van der Waals surface area contributed by atoms with Gasteiger partial charge in [-0.15, -0.1) is 0 Å². The van der Waals surface area contributed by atoms with Crippen LogP contribution in [-0.2, 0) is 0 Å². The zero-order valence-electron chi connectivity index (χ0n) is 4.80. The summed E-state index contributed by atoms with van der Waals surface area (Å²) in [6.45, 7) is 2.34. The maximum absolute atomic E-state index is 8.33. The van der Waals surface area contributed by atoms with Crippen LogP contribution in [0.25, 0.3) is 0 Å². The van der Waals surface area contributed by atoms with E-state index < -0.39 is 0 Å². The SMILES string of the molecule is OC/C=C/C1CNC1. The van der Waals surface area contributed by atoms with Crippen molar-refractivity contribution in [3.63, 3.8) is 0 Å². The lowest BCUT2D eigenvalue weighted by molar-refractivity contribution is 0.339. The van der Waals surface area contributed by atoms with E-state index in [1.54, 1.807) is 6.08 Å². The highest BCUT2D eigenvalue weighted by molar-refractivity contribution is 4.94. The Bertz CT molecular complexity index is 86.5. The summed E-state index contributed by atoms with van der Waals surface area (Å²) >= 11 is 0. The van der Waals surface area contributed by atoms with Crippen molar-refractivity contribution >= 4 is 0 Å². The van der Waals surface area contributed by atoms with Crippen LogP contribution < -0.4 is 5.32 Å². The minimum Gasteiger partial charge on any atom is -0.392 e. The van der Waals surface area contributed by atoms with Gasteiger partial charge >= 0.3 is 0 Å². The maximum atomic E-state index is 8.33. The van der Waals surface area contributed by atoms with Gasteiger partial charge in [0.05, 0.1) is 6.61 Å². The molecule has 1 rings (SSSR count). The van der Waals surface area contributed by atoms with Gasteiger partial charge in [0, 0.05) is 19.0 Å². The topological polar surface area (TPSA) is 32.3 Å². The molecule has 0 radical (unpaired) electrons. The second-order valence-electron chi connectivity index (χ2n) is 2.03. The van der Waals surface area contributed by atoms with Crippen molar-refractivity contribution in [2.75, 3.05) is 19.7 Å². The lowest BCUT2D eigenvalue weighted by Crippen LogP contribution is -2.40. The normalized spacial score (nSPS) is 21.6. The third-order valence-corrected chi connectivity index (χ3v) is 1.33. The van der Waals surface area contributed by atoms with E-state index in [0.717, 1.165) is 13.1 Å². The van der Waals surface area contributed by atoms with Gasteiger partial charge in [-0.25, -0.2) is 0 Å². The van der Waals surface area contributed by atoms with E-state index >= 15 is 0 Å². The summed E-state index contributed by atoms with van der Waals surface area (Å²) in [4.78, 5) is 0. The van der Waals surface area contributed by atoms with Crippen molar-refractivity contribution < 1.29 is 5.11 Å². The first-order chi connectivity index (χ1) is 3.93. The Labute approximate surface area is 49.2 Å². The lowest BCUT2D eigenvalue weighted by Gasteiger charge is -2.23. The molecule has 0 unspecified atom stereocenters. The molecule has 0 saturated carbocycles. The summed E-state index contributed by atoms with van der Waals surface area (Å²) in [5.41, 5.74) is 0. The van der Waals surface area contributed by atoms with Gasteiger partial charge in [-0.3, -0.25) is 0 Å². The van der Waals surface area contributed by atoms with Crippen LogP contribution in [0.2, 0.25) is 0 Å². The van der Waals surface area contributed by atoms with E-state index in [1.165, 1.54) is 0 Å². The van der Waals surface area contributed by atoms with Crippen LogP contribution in [-0.4, -0.2) is 24.8 Å². The number of hydrogen-bond donors (Lipinski definition) is 2. The largest absolute Gasteiger partial charge is 0.392 e. The van der Waals surface area contributed by atoms with Crippen LogP contribution in [0.4, 0.5) is 0 Å². The van der Waals surface area contributed by atoms with Crippen LogP contribution in [0.3, 0.4) is 0 Å². The van der Waals surface area contributed by atoms with Gasteiger partial charge in [-0.1, -0.05) is 12.2 Å². The summed E-state index contributed by atoms with van der Waals surface area (Å²) in [6, 6.07) is 0. The van der Waals surface area contributed by atoms with E-state index in [2.05, 4.69) is 11.4 Å². The maximum Gasteiger partial charge on any atom is 0.0612 e. The molecule has 1 saturated heterocycles. The third kappa shape index (κ3) is 1.32. The Balaban J connectivity index is 2.08. The predicted octanol–water partition coefficient (Wildman–Crippen LogP) is -0.246. The Kier molecular flexibility index (Phi) is 2.06. The fourth-order valence-corrected chi connectivity index (χ4v) is 0.700. The first-order valence-electron chi connectivity index (χ1n) is 2.91. The first kappa shape index (κ1) is 5.79. The molecule has 0 amide bonds. The van der Waals surface area contributed by atoms with Gasteiger partial charge in [-0.05, 0) is 0 Å². The van der Waals surface area contributed by atoms with Crippen LogP contribution >= 0.6 is 0 Å². The first-order valence-corrected chi connectivity index (χ1v) is 2.91. The third-order valence-electron chi connectivity index (χ3n) is 1.33. The molecule has 0 spiro atoms. The fourth-order valence-electron chi connectivity index (χ4n) is 0.700. The summed E-state index contributed by atoms with van der Waals surface area (Å²) in [6.07, 6.45) is 3.85. The Hall–Kier alpha value is -0.340. The van der Waals surface area contributed by atoms with Crippen molar-refractivity contribution in [1.29, 1.82) is 0 Å². The predicted molar refractivity (Wildman–Crippen MR) is 32.6 cm³/mol. The number of aliphatic hydroxyl groups is 1. The average molecular weight is 113 g/mol. The molecule has 0 bridgehead atoms. The smallest absolute Gasteiger partial charge is 0.0612 e. The molecule has 0 atom stereocenters. The molecule has 1 aliphatic heterocycles. The molecule has 2 N–H and O–H groups in total. The van der Waals surface area contributed by atoms with Crippen molar-refractivity contribution in [3.05, 3.63) is 12.2 Å². The Morgan fingerprint density at radius 2 is 2.38 bits per heavy atom. The number of rotatable bonds is 2. The highest BCUT2D eigenvalue weighted by Gasteiger charge is 2.11. The molecule has 8 heavy (non-hydrogen) atoms.